The van der Waals surface area contributed by atoms with Crippen LogP contribution in [0, 0.1) is 6.92 Å². The Morgan fingerprint density at radius 1 is 1.43 bits per heavy atom. The van der Waals surface area contributed by atoms with E-state index < -0.39 is 0 Å². The summed E-state index contributed by atoms with van der Waals surface area (Å²) >= 11 is 1.37. The molecule has 0 aliphatic rings. The van der Waals surface area contributed by atoms with Crippen LogP contribution in [-0.4, -0.2) is 21.1 Å². The summed E-state index contributed by atoms with van der Waals surface area (Å²) in [6, 6.07) is 2.89. The van der Waals surface area contributed by atoms with E-state index in [0.717, 1.165) is 17.8 Å². The minimum atomic E-state index is -0.352. The maximum absolute atomic E-state index is 12.1. The second kappa shape index (κ2) is 6.62. The van der Waals surface area contributed by atoms with Gasteiger partial charge in [-0.15, -0.1) is 10.2 Å². The topological polar surface area (TPSA) is 87.7 Å². The highest BCUT2D eigenvalue weighted by molar-refractivity contribution is 7.15. The van der Waals surface area contributed by atoms with Crippen molar-refractivity contribution in [2.75, 3.05) is 5.32 Å². The maximum Gasteiger partial charge on any atom is 0.257 e. The predicted octanol–water partition coefficient (Wildman–Crippen LogP) is 2.69. The van der Waals surface area contributed by atoms with Crippen LogP contribution in [0.25, 0.3) is 0 Å². The quantitative estimate of drug-likeness (QED) is 0.889. The maximum atomic E-state index is 12.1. The fourth-order valence-electron chi connectivity index (χ4n) is 2.02. The number of nitrogens with one attached hydrogen (secondary N) is 2. The molecule has 0 spiro atoms. The summed E-state index contributed by atoms with van der Waals surface area (Å²) in [6.45, 7) is 5.94. The third kappa shape index (κ3) is 3.98. The number of pyridine rings is 1. The molecule has 0 saturated carbocycles. The van der Waals surface area contributed by atoms with Gasteiger partial charge in [0.15, 0.2) is 0 Å². The number of hydrogen-bond donors (Lipinski definition) is 2. The predicted molar refractivity (Wildman–Crippen MR) is 83.0 cm³/mol. The summed E-state index contributed by atoms with van der Waals surface area (Å²) in [4.78, 5) is 26.1. The Morgan fingerprint density at radius 2 is 2.19 bits per heavy atom. The zero-order valence-electron chi connectivity index (χ0n) is 12.3. The Morgan fingerprint density at radius 3 is 2.86 bits per heavy atom. The number of carbonyl (C=O) groups excluding carboxylic acids is 1. The van der Waals surface area contributed by atoms with E-state index in [0.29, 0.717) is 22.3 Å². The molecule has 2 rings (SSSR count). The van der Waals surface area contributed by atoms with Gasteiger partial charge in [-0.2, -0.15) is 0 Å². The number of nitrogens with zero attached hydrogens (tertiary/aromatic N) is 2. The second-order valence-corrected chi connectivity index (χ2v) is 6.01. The lowest BCUT2D eigenvalue weighted by Crippen LogP contribution is -2.16. The minimum Gasteiger partial charge on any atom is -0.326 e. The first kappa shape index (κ1) is 15.4. The number of H-pyrrole nitrogens is 1. The number of aromatic amines is 1. The Kier molecular flexibility index (Phi) is 4.85. The largest absolute Gasteiger partial charge is 0.326 e. The molecule has 7 heteroatoms. The van der Waals surface area contributed by atoms with Gasteiger partial charge in [0.25, 0.3) is 5.91 Å². The molecular weight excluding hydrogens is 288 g/mol. The van der Waals surface area contributed by atoms with Crippen LogP contribution in [0.15, 0.2) is 16.9 Å². The first-order valence-corrected chi connectivity index (χ1v) is 7.67. The lowest BCUT2D eigenvalue weighted by molar-refractivity contribution is 0.102. The normalized spacial score (nSPS) is 12.1. The van der Waals surface area contributed by atoms with E-state index in [2.05, 4.69) is 34.3 Å². The van der Waals surface area contributed by atoms with E-state index in [-0.39, 0.29) is 11.5 Å². The van der Waals surface area contributed by atoms with Gasteiger partial charge < -0.3 is 4.98 Å². The second-order valence-electron chi connectivity index (χ2n) is 5.01. The molecule has 6 nitrogen and oxygen atoms in total. The summed E-state index contributed by atoms with van der Waals surface area (Å²) in [5.41, 5.74) is 0.659. The van der Waals surface area contributed by atoms with E-state index in [9.17, 15) is 9.59 Å². The molecule has 2 heterocycles. The van der Waals surface area contributed by atoms with Crippen molar-refractivity contribution < 1.29 is 4.79 Å². The molecule has 1 amide bonds. The van der Waals surface area contributed by atoms with Gasteiger partial charge in [-0.05, 0) is 19.4 Å². The number of amides is 1. The number of rotatable bonds is 5. The zero-order valence-corrected chi connectivity index (χ0v) is 13.1. The monoisotopic (exact) mass is 306 g/mol. The van der Waals surface area contributed by atoms with Crippen LogP contribution in [0.4, 0.5) is 5.13 Å². The van der Waals surface area contributed by atoms with Crippen LogP contribution in [0.5, 0.6) is 0 Å². The third-order valence-electron chi connectivity index (χ3n) is 3.05. The van der Waals surface area contributed by atoms with Gasteiger partial charge in [-0.1, -0.05) is 31.6 Å². The first-order valence-electron chi connectivity index (χ1n) is 6.85. The summed E-state index contributed by atoms with van der Waals surface area (Å²) in [5, 5.41) is 12.1. The Labute approximate surface area is 126 Å². The average Bonchev–Trinajstić information content (AvgIpc) is 2.86. The Bertz CT molecular complexity index is 692. The van der Waals surface area contributed by atoms with Crippen molar-refractivity contribution in [3.8, 4) is 0 Å². The van der Waals surface area contributed by atoms with Crippen LogP contribution >= 0.6 is 11.3 Å². The van der Waals surface area contributed by atoms with Gasteiger partial charge in [0.2, 0.25) is 10.7 Å². The van der Waals surface area contributed by atoms with E-state index in [1.165, 1.54) is 17.4 Å². The van der Waals surface area contributed by atoms with E-state index in [1.807, 2.05) is 0 Å². The third-order valence-corrected chi connectivity index (χ3v) is 4.12. The van der Waals surface area contributed by atoms with E-state index in [1.54, 1.807) is 13.0 Å². The van der Waals surface area contributed by atoms with Crippen molar-refractivity contribution in [3.05, 3.63) is 38.8 Å². The summed E-state index contributed by atoms with van der Waals surface area (Å²) < 4.78 is 0. The highest BCUT2D eigenvalue weighted by Crippen LogP contribution is 2.26. The van der Waals surface area contributed by atoms with Gasteiger partial charge in [-0.25, -0.2) is 0 Å². The fraction of sp³-hybridized carbons (Fsp3) is 0.429. The number of carbonyl (C=O) groups is 1. The smallest absolute Gasteiger partial charge is 0.257 e. The molecule has 0 aliphatic heterocycles. The molecule has 0 bridgehead atoms. The van der Waals surface area contributed by atoms with Crippen molar-refractivity contribution in [1.82, 2.24) is 15.2 Å². The van der Waals surface area contributed by atoms with Crippen LogP contribution in [0.2, 0.25) is 0 Å². The molecule has 0 aliphatic carbocycles. The summed E-state index contributed by atoms with van der Waals surface area (Å²) in [7, 11) is 0. The van der Waals surface area contributed by atoms with Gasteiger partial charge >= 0.3 is 0 Å². The molecule has 21 heavy (non-hydrogen) atoms. The lowest BCUT2D eigenvalue weighted by Gasteiger charge is -2.03. The van der Waals surface area contributed by atoms with Crippen molar-refractivity contribution in [1.29, 1.82) is 0 Å². The lowest BCUT2D eigenvalue weighted by atomic mass is 10.1. The van der Waals surface area contributed by atoms with Crippen molar-refractivity contribution in [3.63, 3.8) is 0 Å². The van der Waals surface area contributed by atoms with Crippen LogP contribution < -0.4 is 10.9 Å². The number of aryl methyl sites for hydroxylation is 1. The number of aromatic nitrogens is 3. The molecule has 2 N–H and O–H groups in total. The SMILES string of the molecule is CCC[C@H](C)c1nnc(NC(=O)c2cc(C)[nH]c(=O)c2)s1. The van der Waals surface area contributed by atoms with Gasteiger partial charge in [-0.3, -0.25) is 14.9 Å². The van der Waals surface area contributed by atoms with Crippen molar-refractivity contribution in [2.24, 2.45) is 0 Å². The standard InChI is InChI=1S/C14H18N4O2S/c1-4-5-8(2)13-17-18-14(21-13)16-12(20)10-6-9(3)15-11(19)7-10/h6-8H,4-5H2,1-3H3,(H,15,19)(H,16,18,20)/t8-/m0/s1. The Hall–Kier alpha value is -2.02. The Balaban J connectivity index is 2.11. The van der Waals surface area contributed by atoms with Crippen molar-refractivity contribution >= 4 is 22.4 Å². The summed E-state index contributed by atoms with van der Waals surface area (Å²) in [6.07, 6.45) is 2.12. The zero-order chi connectivity index (χ0) is 15.4. The van der Waals surface area contributed by atoms with Gasteiger partial charge in [0, 0.05) is 23.2 Å². The molecule has 0 unspecified atom stereocenters. The van der Waals surface area contributed by atoms with E-state index >= 15 is 0 Å². The molecule has 0 fully saturated rings. The van der Waals surface area contributed by atoms with Gasteiger partial charge in [0.1, 0.15) is 5.01 Å². The highest BCUT2D eigenvalue weighted by Gasteiger charge is 2.14. The van der Waals surface area contributed by atoms with Crippen LogP contribution in [0.3, 0.4) is 0 Å². The fourth-order valence-corrected chi connectivity index (χ4v) is 2.85. The highest BCUT2D eigenvalue weighted by atomic mass is 32.1. The molecule has 2 aromatic rings. The number of hydrogen-bond acceptors (Lipinski definition) is 5. The molecule has 112 valence electrons. The molecule has 0 saturated heterocycles. The van der Waals surface area contributed by atoms with E-state index in [4.69, 9.17) is 0 Å². The first-order chi connectivity index (χ1) is 9.99. The number of anilines is 1. The summed E-state index contributed by atoms with van der Waals surface area (Å²) in [5.74, 6) is -0.0185. The van der Waals surface area contributed by atoms with Crippen LogP contribution in [-0.2, 0) is 0 Å². The molecular formula is C14H18N4O2S. The minimum absolute atomic E-state index is 0.297. The molecule has 1 atom stereocenters. The van der Waals surface area contributed by atoms with Crippen molar-refractivity contribution in [2.45, 2.75) is 39.5 Å². The molecule has 0 aromatic carbocycles. The van der Waals surface area contributed by atoms with Crippen LogP contribution in [0.1, 0.15) is 53.7 Å². The van der Waals surface area contributed by atoms with Gasteiger partial charge in [0.05, 0.1) is 0 Å². The molecule has 2 aromatic heterocycles. The average molecular weight is 306 g/mol. The molecule has 0 radical (unpaired) electrons.